The van der Waals surface area contributed by atoms with Gasteiger partial charge < -0.3 is 15.9 Å². The summed E-state index contributed by atoms with van der Waals surface area (Å²) in [5.41, 5.74) is 4.63. The van der Waals surface area contributed by atoms with Crippen LogP contribution in [0.15, 0.2) is 30.3 Å². The molecule has 1 heterocycles. The number of rotatable bonds is 4. The number of aromatic nitrogens is 1. The molecule has 0 aliphatic heterocycles. The van der Waals surface area contributed by atoms with Crippen LogP contribution in [0.3, 0.4) is 0 Å². The van der Waals surface area contributed by atoms with Gasteiger partial charge in [-0.3, -0.25) is 0 Å². The first-order chi connectivity index (χ1) is 10.6. The zero-order chi connectivity index (χ0) is 17.4. The molecule has 0 bridgehead atoms. The van der Waals surface area contributed by atoms with Gasteiger partial charge in [0.2, 0.25) is 0 Å². The van der Waals surface area contributed by atoms with Crippen LogP contribution in [0.25, 0.3) is 11.3 Å². The largest absolute Gasteiger partial charge is 0.386 e. The number of pyridine rings is 1. The third-order valence-corrected chi connectivity index (χ3v) is 4.07. The molecule has 0 aliphatic carbocycles. The van der Waals surface area contributed by atoms with Gasteiger partial charge in [0, 0.05) is 17.7 Å². The summed E-state index contributed by atoms with van der Waals surface area (Å²) in [6.07, 6.45) is 0. The van der Waals surface area contributed by atoms with Gasteiger partial charge in [-0.05, 0) is 51.1 Å². The molecule has 0 amide bonds. The van der Waals surface area contributed by atoms with Crippen molar-refractivity contribution in [3.8, 4) is 11.3 Å². The first kappa shape index (κ1) is 17.8. The molecule has 6 heteroatoms. The molecule has 1 aromatic heterocycles. The molecule has 124 valence electrons. The predicted molar refractivity (Wildman–Crippen MR) is 88.5 cm³/mol. The van der Waals surface area contributed by atoms with Crippen molar-refractivity contribution in [3.63, 3.8) is 0 Å². The minimum absolute atomic E-state index is 0.0458. The Kier molecular flexibility index (Phi) is 4.78. The molecule has 2 rings (SSSR count). The molecule has 23 heavy (non-hydrogen) atoms. The molecular formula is C17H20ClFN2O2. The monoisotopic (exact) mass is 338 g/mol. The molecule has 0 aliphatic rings. The van der Waals surface area contributed by atoms with E-state index in [1.165, 1.54) is 19.1 Å². The van der Waals surface area contributed by atoms with Gasteiger partial charge >= 0.3 is 0 Å². The Morgan fingerprint density at radius 3 is 2.22 bits per heavy atom. The predicted octanol–water partition coefficient (Wildman–Crippen LogP) is 2.93. The molecule has 4 nitrogen and oxygen atoms in total. The lowest BCUT2D eigenvalue weighted by molar-refractivity contribution is 0.0595. The van der Waals surface area contributed by atoms with Crippen molar-refractivity contribution in [1.82, 2.24) is 4.98 Å². The second-order valence-corrected chi connectivity index (χ2v) is 6.64. The van der Waals surface area contributed by atoms with Gasteiger partial charge in [-0.2, -0.15) is 0 Å². The van der Waals surface area contributed by atoms with Crippen LogP contribution in [0, 0.1) is 5.82 Å². The molecule has 1 aromatic carbocycles. The Morgan fingerprint density at radius 2 is 1.74 bits per heavy atom. The SMILES string of the molecule is CC(C)(O)c1cc(C(C)(O)CN)nc(-c2ccc(F)cc2)c1Cl. The van der Waals surface area contributed by atoms with E-state index in [1.54, 1.807) is 32.0 Å². The Hall–Kier alpha value is -1.53. The number of nitrogens with zero attached hydrogens (tertiary/aromatic N) is 1. The summed E-state index contributed by atoms with van der Waals surface area (Å²) < 4.78 is 13.1. The van der Waals surface area contributed by atoms with E-state index in [2.05, 4.69) is 4.98 Å². The van der Waals surface area contributed by atoms with Crippen LogP contribution >= 0.6 is 11.6 Å². The van der Waals surface area contributed by atoms with E-state index in [0.717, 1.165) is 0 Å². The molecular weight excluding hydrogens is 319 g/mol. The topological polar surface area (TPSA) is 79.4 Å². The smallest absolute Gasteiger partial charge is 0.123 e. The van der Waals surface area contributed by atoms with Crippen LogP contribution in [0.1, 0.15) is 32.0 Å². The van der Waals surface area contributed by atoms with Gasteiger partial charge in [-0.25, -0.2) is 9.37 Å². The normalized spacial score (nSPS) is 14.6. The van der Waals surface area contributed by atoms with Gasteiger partial charge in [0.05, 0.1) is 22.0 Å². The van der Waals surface area contributed by atoms with Crippen LogP contribution < -0.4 is 5.73 Å². The fraction of sp³-hybridized carbons (Fsp3) is 0.353. The Bertz CT molecular complexity index is 710. The van der Waals surface area contributed by atoms with Crippen molar-refractivity contribution in [2.45, 2.75) is 32.0 Å². The summed E-state index contributed by atoms with van der Waals surface area (Å²) in [5, 5.41) is 21.0. The van der Waals surface area contributed by atoms with E-state index in [0.29, 0.717) is 22.5 Å². The lowest BCUT2D eigenvalue weighted by Gasteiger charge is -2.26. The fourth-order valence-corrected chi connectivity index (χ4v) is 2.59. The van der Waals surface area contributed by atoms with Crippen LogP contribution in [0.5, 0.6) is 0 Å². The van der Waals surface area contributed by atoms with Gasteiger partial charge in [-0.15, -0.1) is 0 Å². The van der Waals surface area contributed by atoms with E-state index in [4.69, 9.17) is 17.3 Å². The minimum Gasteiger partial charge on any atom is -0.386 e. The highest BCUT2D eigenvalue weighted by Gasteiger charge is 2.30. The molecule has 0 saturated heterocycles. The van der Waals surface area contributed by atoms with Crippen molar-refractivity contribution in [2.24, 2.45) is 5.73 Å². The Labute approximate surface area is 139 Å². The average Bonchev–Trinajstić information content (AvgIpc) is 2.47. The summed E-state index contributed by atoms with van der Waals surface area (Å²) in [4.78, 5) is 4.39. The third-order valence-electron chi connectivity index (χ3n) is 3.68. The molecule has 4 N–H and O–H groups in total. The van der Waals surface area contributed by atoms with Crippen molar-refractivity contribution in [1.29, 1.82) is 0 Å². The van der Waals surface area contributed by atoms with Gasteiger partial charge in [0.15, 0.2) is 0 Å². The molecule has 2 aromatic rings. The summed E-state index contributed by atoms with van der Waals surface area (Å²) in [5.74, 6) is -0.377. The lowest BCUT2D eigenvalue weighted by Crippen LogP contribution is -2.33. The van der Waals surface area contributed by atoms with Crippen molar-refractivity contribution < 1.29 is 14.6 Å². The quantitative estimate of drug-likeness (QED) is 0.800. The number of benzene rings is 1. The van der Waals surface area contributed by atoms with Crippen molar-refractivity contribution >= 4 is 11.6 Å². The maximum Gasteiger partial charge on any atom is 0.123 e. The van der Waals surface area contributed by atoms with E-state index in [-0.39, 0.29) is 17.4 Å². The van der Waals surface area contributed by atoms with E-state index >= 15 is 0 Å². The number of nitrogens with two attached hydrogens (primary N) is 1. The summed E-state index contributed by atoms with van der Waals surface area (Å²) in [6.45, 7) is 4.66. The first-order valence-electron chi connectivity index (χ1n) is 7.18. The molecule has 0 radical (unpaired) electrons. The molecule has 0 spiro atoms. The lowest BCUT2D eigenvalue weighted by atomic mass is 9.92. The molecule has 0 saturated carbocycles. The molecule has 1 unspecified atom stereocenters. The van der Waals surface area contributed by atoms with E-state index in [9.17, 15) is 14.6 Å². The minimum atomic E-state index is -1.38. The Balaban J connectivity index is 2.75. The Morgan fingerprint density at radius 1 is 1.17 bits per heavy atom. The van der Waals surface area contributed by atoms with Crippen molar-refractivity contribution in [2.75, 3.05) is 6.54 Å². The zero-order valence-corrected chi connectivity index (χ0v) is 14.0. The van der Waals surface area contributed by atoms with Crippen LogP contribution in [0.2, 0.25) is 5.02 Å². The second-order valence-electron chi connectivity index (χ2n) is 6.26. The summed E-state index contributed by atoms with van der Waals surface area (Å²) in [7, 11) is 0. The highest BCUT2D eigenvalue weighted by molar-refractivity contribution is 6.34. The van der Waals surface area contributed by atoms with Crippen LogP contribution in [-0.2, 0) is 11.2 Å². The highest BCUT2D eigenvalue weighted by atomic mass is 35.5. The van der Waals surface area contributed by atoms with Crippen molar-refractivity contribution in [3.05, 3.63) is 52.4 Å². The van der Waals surface area contributed by atoms with Crippen LogP contribution in [0.4, 0.5) is 4.39 Å². The second kappa shape index (κ2) is 6.17. The van der Waals surface area contributed by atoms with Gasteiger partial charge in [0.1, 0.15) is 11.4 Å². The maximum atomic E-state index is 13.1. The van der Waals surface area contributed by atoms with Crippen LogP contribution in [-0.4, -0.2) is 21.7 Å². The number of hydrogen-bond donors (Lipinski definition) is 3. The molecule has 0 fully saturated rings. The number of aliphatic hydroxyl groups is 2. The number of hydrogen-bond acceptors (Lipinski definition) is 4. The number of halogens is 2. The van der Waals surface area contributed by atoms with Gasteiger partial charge in [0.25, 0.3) is 0 Å². The standard InChI is InChI=1S/C17H20ClFN2O2/c1-16(2,22)12-8-13(17(3,23)9-20)21-15(14(12)18)10-4-6-11(19)7-5-10/h4-8,22-23H,9,20H2,1-3H3. The van der Waals surface area contributed by atoms with E-state index in [1.807, 2.05) is 0 Å². The first-order valence-corrected chi connectivity index (χ1v) is 7.56. The average molecular weight is 339 g/mol. The third kappa shape index (κ3) is 3.70. The maximum absolute atomic E-state index is 13.1. The summed E-state index contributed by atoms with van der Waals surface area (Å²) >= 11 is 6.40. The fourth-order valence-electron chi connectivity index (χ4n) is 2.15. The van der Waals surface area contributed by atoms with E-state index < -0.39 is 11.2 Å². The molecule has 1 atom stereocenters. The summed E-state index contributed by atoms with van der Waals surface area (Å²) in [6, 6.07) is 7.22. The van der Waals surface area contributed by atoms with Gasteiger partial charge in [-0.1, -0.05) is 11.6 Å². The highest BCUT2D eigenvalue weighted by Crippen LogP contribution is 2.37. The zero-order valence-electron chi connectivity index (χ0n) is 13.3.